The van der Waals surface area contributed by atoms with Gasteiger partial charge in [-0.2, -0.15) is 0 Å². The molecular formula is C19H28ClFN2O2. The highest BCUT2D eigenvalue weighted by molar-refractivity contribution is 6.29. The van der Waals surface area contributed by atoms with Crippen LogP contribution in [0.25, 0.3) is 0 Å². The number of carbonyl (C=O) groups excluding carboxylic acids is 1. The zero-order chi connectivity index (χ0) is 18.7. The Hall–Kier alpha value is -1.62. The van der Waals surface area contributed by atoms with Gasteiger partial charge in [0.1, 0.15) is 11.7 Å². The van der Waals surface area contributed by atoms with E-state index in [2.05, 4.69) is 12.1 Å². The van der Waals surface area contributed by atoms with E-state index in [9.17, 15) is 9.18 Å². The van der Waals surface area contributed by atoms with Crippen molar-refractivity contribution >= 4 is 29.4 Å². The maximum atomic E-state index is 14.2. The Morgan fingerprint density at radius 1 is 1.28 bits per heavy atom. The first-order chi connectivity index (χ1) is 12.1. The third-order valence-corrected chi connectivity index (χ3v) is 4.23. The summed E-state index contributed by atoms with van der Waals surface area (Å²) in [5.74, 6) is -0.866. The first kappa shape index (κ1) is 21.4. The van der Waals surface area contributed by atoms with Crippen molar-refractivity contribution in [2.24, 2.45) is 5.16 Å². The number of carbonyl (C=O) groups is 1. The minimum atomic E-state index is -0.335. The molecule has 1 amide bonds. The van der Waals surface area contributed by atoms with Gasteiger partial charge in [0, 0.05) is 11.8 Å². The molecule has 0 aliphatic heterocycles. The number of hydrogen-bond acceptors (Lipinski definition) is 3. The summed E-state index contributed by atoms with van der Waals surface area (Å²) in [5, 5.41) is 3.90. The number of oxime groups is 1. The largest absolute Gasteiger partial charge is 0.374 e. The van der Waals surface area contributed by atoms with Gasteiger partial charge in [0.2, 0.25) is 5.91 Å². The van der Waals surface area contributed by atoms with Gasteiger partial charge in [0.05, 0.1) is 5.69 Å². The fraction of sp³-hybridized carbons (Fsp3) is 0.579. The van der Waals surface area contributed by atoms with E-state index in [-0.39, 0.29) is 24.3 Å². The van der Waals surface area contributed by atoms with Crippen LogP contribution in [0.1, 0.15) is 57.6 Å². The van der Waals surface area contributed by atoms with Gasteiger partial charge >= 0.3 is 0 Å². The number of benzene rings is 1. The Labute approximate surface area is 155 Å². The third-order valence-electron chi connectivity index (χ3n) is 4.00. The van der Waals surface area contributed by atoms with Crippen molar-refractivity contribution in [2.75, 3.05) is 17.5 Å². The Kier molecular flexibility index (Phi) is 10.2. The number of alkyl halides is 1. The van der Waals surface area contributed by atoms with Crippen LogP contribution in [0.5, 0.6) is 0 Å². The molecule has 140 valence electrons. The van der Waals surface area contributed by atoms with Gasteiger partial charge in [-0.1, -0.05) is 44.8 Å². The smallest absolute Gasteiger partial charge is 0.244 e. The van der Waals surface area contributed by atoms with Crippen molar-refractivity contribution in [1.29, 1.82) is 0 Å². The van der Waals surface area contributed by atoms with Crippen LogP contribution in [0.15, 0.2) is 17.3 Å². The molecule has 0 aliphatic carbocycles. The van der Waals surface area contributed by atoms with Gasteiger partial charge in [-0.3, -0.25) is 9.69 Å². The molecule has 0 spiro atoms. The molecule has 0 saturated heterocycles. The van der Waals surface area contributed by atoms with E-state index >= 15 is 0 Å². The van der Waals surface area contributed by atoms with Crippen molar-refractivity contribution < 1.29 is 14.0 Å². The minimum Gasteiger partial charge on any atom is -0.374 e. The van der Waals surface area contributed by atoms with E-state index in [4.69, 9.17) is 16.4 Å². The van der Waals surface area contributed by atoms with Crippen LogP contribution >= 0.6 is 11.6 Å². The Morgan fingerprint density at radius 2 is 2.04 bits per heavy atom. The fourth-order valence-electron chi connectivity index (χ4n) is 2.63. The number of amides is 1. The second-order valence-corrected chi connectivity index (χ2v) is 6.01. The van der Waals surface area contributed by atoms with E-state index < -0.39 is 0 Å². The lowest BCUT2D eigenvalue weighted by Crippen LogP contribution is -2.35. The summed E-state index contributed by atoms with van der Waals surface area (Å²) in [7, 11) is 0. The van der Waals surface area contributed by atoms with Crippen LogP contribution in [0, 0.1) is 5.82 Å². The zero-order valence-corrected chi connectivity index (χ0v) is 16.1. The molecule has 0 unspecified atom stereocenters. The lowest BCUT2D eigenvalue weighted by Gasteiger charge is -2.26. The predicted octanol–water partition coefficient (Wildman–Crippen LogP) is 5.06. The first-order valence-electron chi connectivity index (χ1n) is 8.90. The van der Waals surface area contributed by atoms with E-state index in [1.165, 1.54) is 11.0 Å². The summed E-state index contributed by atoms with van der Waals surface area (Å²) < 4.78 is 14.2. The standard InChI is InChI=1S/C19H28ClFN2O2/c1-4-7-8-9-12-22-25-14-23(18(24)13-20)19-15(5-2)10-11-17(21)16(19)6-3/h10-12H,4-9,13-14H2,1-3H3/b22-12-. The van der Waals surface area contributed by atoms with Crippen molar-refractivity contribution in [3.8, 4) is 0 Å². The Bertz CT molecular complexity index is 579. The lowest BCUT2D eigenvalue weighted by molar-refractivity contribution is -0.117. The average molecular weight is 371 g/mol. The van der Waals surface area contributed by atoms with Gasteiger partial charge in [-0.25, -0.2) is 4.39 Å². The number of nitrogens with zero attached hydrogens (tertiary/aromatic N) is 2. The molecule has 0 aliphatic rings. The van der Waals surface area contributed by atoms with Crippen LogP contribution < -0.4 is 4.90 Å². The summed E-state index contributed by atoms with van der Waals surface area (Å²) in [6, 6.07) is 3.14. The average Bonchev–Trinajstić information content (AvgIpc) is 2.63. The summed E-state index contributed by atoms with van der Waals surface area (Å²) >= 11 is 5.75. The zero-order valence-electron chi connectivity index (χ0n) is 15.4. The summed E-state index contributed by atoms with van der Waals surface area (Å²) in [4.78, 5) is 19.0. The van der Waals surface area contributed by atoms with Crippen molar-refractivity contribution in [1.82, 2.24) is 0 Å². The predicted molar refractivity (Wildman–Crippen MR) is 102 cm³/mol. The van der Waals surface area contributed by atoms with Gasteiger partial charge in [-0.05, 0) is 37.3 Å². The summed E-state index contributed by atoms with van der Waals surface area (Å²) in [6.45, 7) is 5.88. The Morgan fingerprint density at radius 3 is 2.64 bits per heavy atom. The number of rotatable bonds is 11. The molecule has 1 rings (SSSR count). The Balaban J connectivity index is 2.96. The quantitative estimate of drug-likeness (QED) is 0.179. The molecule has 0 radical (unpaired) electrons. The number of aryl methyl sites for hydroxylation is 1. The molecular weight excluding hydrogens is 343 g/mol. The summed E-state index contributed by atoms with van der Waals surface area (Å²) in [5.41, 5.74) is 1.93. The van der Waals surface area contributed by atoms with E-state index in [0.29, 0.717) is 24.1 Å². The SMILES string of the molecule is CCCCC/C=N\OCN(C(=O)CCl)c1c(CC)ccc(F)c1CC. The maximum absolute atomic E-state index is 14.2. The first-order valence-corrected chi connectivity index (χ1v) is 9.44. The number of halogens is 2. The van der Waals surface area contributed by atoms with Crippen LogP contribution in [0.2, 0.25) is 0 Å². The molecule has 0 bridgehead atoms. The van der Waals surface area contributed by atoms with Crippen LogP contribution in [0.4, 0.5) is 10.1 Å². The van der Waals surface area contributed by atoms with Crippen molar-refractivity contribution in [2.45, 2.75) is 59.3 Å². The molecule has 25 heavy (non-hydrogen) atoms. The highest BCUT2D eigenvalue weighted by atomic mass is 35.5. The van der Waals surface area contributed by atoms with Gasteiger partial charge < -0.3 is 4.84 Å². The molecule has 6 heteroatoms. The lowest BCUT2D eigenvalue weighted by atomic mass is 10.0. The fourth-order valence-corrected chi connectivity index (χ4v) is 2.78. The van der Waals surface area contributed by atoms with Crippen molar-refractivity contribution in [3.05, 3.63) is 29.1 Å². The van der Waals surface area contributed by atoms with Gasteiger partial charge in [0.15, 0.2) is 6.73 Å². The van der Waals surface area contributed by atoms with Crippen LogP contribution in [0.3, 0.4) is 0 Å². The molecule has 1 aromatic carbocycles. The van der Waals surface area contributed by atoms with Gasteiger partial charge in [-0.15, -0.1) is 11.6 Å². The number of anilines is 1. The van der Waals surface area contributed by atoms with Crippen LogP contribution in [-0.4, -0.2) is 24.7 Å². The second kappa shape index (κ2) is 11.9. The molecule has 0 heterocycles. The van der Waals surface area contributed by atoms with Crippen LogP contribution in [-0.2, 0) is 22.5 Å². The number of hydrogen-bond donors (Lipinski definition) is 0. The van der Waals surface area contributed by atoms with E-state index in [1.807, 2.05) is 13.8 Å². The highest BCUT2D eigenvalue weighted by Crippen LogP contribution is 2.29. The highest BCUT2D eigenvalue weighted by Gasteiger charge is 2.23. The molecule has 0 atom stereocenters. The molecule has 0 aromatic heterocycles. The third kappa shape index (κ3) is 6.31. The second-order valence-electron chi connectivity index (χ2n) is 5.74. The number of unbranched alkanes of at least 4 members (excludes halogenated alkanes) is 3. The van der Waals surface area contributed by atoms with Crippen molar-refractivity contribution in [3.63, 3.8) is 0 Å². The maximum Gasteiger partial charge on any atom is 0.244 e. The van der Waals surface area contributed by atoms with E-state index in [1.54, 1.807) is 12.3 Å². The normalized spacial score (nSPS) is 11.1. The molecule has 1 aromatic rings. The summed E-state index contributed by atoms with van der Waals surface area (Å²) in [6.07, 6.45) is 7.02. The minimum absolute atomic E-state index is 0.0840. The monoisotopic (exact) mass is 370 g/mol. The molecule has 0 saturated carbocycles. The van der Waals surface area contributed by atoms with Gasteiger partial charge in [0.25, 0.3) is 0 Å². The molecule has 0 fully saturated rings. The molecule has 4 nitrogen and oxygen atoms in total. The van der Waals surface area contributed by atoms with E-state index in [0.717, 1.165) is 31.2 Å². The topological polar surface area (TPSA) is 41.9 Å². The molecule has 0 N–H and O–H groups in total.